The molecule has 4 heteroatoms. The Morgan fingerprint density at radius 2 is 2.14 bits per heavy atom. The number of hydrogen-bond acceptors (Lipinski definition) is 1. The third-order valence-electron chi connectivity index (χ3n) is 1.96. The molecule has 0 aliphatic heterocycles. The van der Waals surface area contributed by atoms with Gasteiger partial charge in [-0.3, -0.25) is 4.79 Å². The van der Waals surface area contributed by atoms with E-state index in [0.717, 1.165) is 12.1 Å². The van der Waals surface area contributed by atoms with Gasteiger partial charge in [-0.1, -0.05) is 13.0 Å². The fourth-order valence-electron chi connectivity index (χ4n) is 1.10. The monoisotopic (exact) mass is 200 g/mol. The van der Waals surface area contributed by atoms with Crippen molar-refractivity contribution in [2.75, 3.05) is 0 Å². The molecule has 2 nitrogen and oxygen atoms in total. The number of carboxylic acids is 1. The second-order valence-electron chi connectivity index (χ2n) is 3.18. The Kier molecular flexibility index (Phi) is 3.17. The summed E-state index contributed by atoms with van der Waals surface area (Å²) >= 11 is 0. The number of halogens is 2. The third-order valence-corrected chi connectivity index (χ3v) is 1.96. The number of aliphatic carboxylic acids is 1. The first-order valence-corrected chi connectivity index (χ1v) is 4.17. The van der Waals surface area contributed by atoms with Crippen LogP contribution in [-0.2, 0) is 11.2 Å². The predicted octanol–water partition coefficient (Wildman–Crippen LogP) is 2.23. The largest absolute Gasteiger partial charge is 0.481 e. The molecule has 1 atom stereocenters. The SMILES string of the molecule is CC(Cc1ccc(F)cc1F)C(=O)O. The molecule has 0 amide bonds. The lowest BCUT2D eigenvalue weighted by Gasteiger charge is -2.06. The highest BCUT2D eigenvalue weighted by Gasteiger charge is 2.14. The molecule has 1 aromatic carbocycles. The number of carboxylic acid groups (broad SMARTS) is 1. The van der Waals surface area contributed by atoms with Crippen LogP contribution in [0.25, 0.3) is 0 Å². The van der Waals surface area contributed by atoms with E-state index in [0.29, 0.717) is 0 Å². The number of hydrogen-bond donors (Lipinski definition) is 1. The lowest BCUT2D eigenvalue weighted by molar-refractivity contribution is -0.141. The van der Waals surface area contributed by atoms with Crippen molar-refractivity contribution in [3.05, 3.63) is 35.4 Å². The molecule has 0 fully saturated rings. The summed E-state index contributed by atoms with van der Waals surface area (Å²) in [6.07, 6.45) is 0.0709. The molecule has 1 unspecified atom stereocenters. The summed E-state index contributed by atoms with van der Waals surface area (Å²) < 4.78 is 25.5. The average Bonchev–Trinajstić information content (AvgIpc) is 2.09. The Hall–Kier alpha value is -1.45. The van der Waals surface area contributed by atoms with E-state index in [1.165, 1.54) is 13.0 Å². The van der Waals surface area contributed by atoms with Crippen LogP contribution in [0.1, 0.15) is 12.5 Å². The molecule has 14 heavy (non-hydrogen) atoms. The smallest absolute Gasteiger partial charge is 0.306 e. The quantitative estimate of drug-likeness (QED) is 0.812. The first-order valence-electron chi connectivity index (χ1n) is 4.17. The summed E-state index contributed by atoms with van der Waals surface area (Å²) in [7, 11) is 0. The molecule has 76 valence electrons. The molecule has 0 radical (unpaired) electrons. The van der Waals surface area contributed by atoms with E-state index in [1.54, 1.807) is 0 Å². The zero-order chi connectivity index (χ0) is 10.7. The van der Waals surface area contributed by atoms with E-state index < -0.39 is 23.5 Å². The van der Waals surface area contributed by atoms with E-state index >= 15 is 0 Å². The van der Waals surface area contributed by atoms with Gasteiger partial charge in [0.15, 0.2) is 0 Å². The molecular weight excluding hydrogens is 190 g/mol. The molecule has 0 heterocycles. The molecular formula is C10H10F2O2. The number of benzene rings is 1. The summed E-state index contributed by atoms with van der Waals surface area (Å²) in [5.74, 6) is -3.02. The molecule has 0 saturated carbocycles. The predicted molar refractivity (Wildman–Crippen MR) is 46.9 cm³/mol. The van der Waals surface area contributed by atoms with Crippen molar-refractivity contribution >= 4 is 5.97 Å². The maximum absolute atomic E-state index is 13.0. The Morgan fingerprint density at radius 1 is 1.50 bits per heavy atom. The molecule has 0 aliphatic carbocycles. The van der Waals surface area contributed by atoms with Crippen LogP contribution in [0.3, 0.4) is 0 Å². The van der Waals surface area contributed by atoms with Crippen molar-refractivity contribution < 1.29 is 18.7 Å². The number of rotatable bonds is 3. The highest BCUT2D eigenvalue weighted by Crippen LogP contribution is 2.14. The maximum atomic E-state index is 13.0. The molecule has 1 N–H and O–H groups in total. The molecule has 0 aliphatic rings. The van der Waals surface area contributed by atoms with Crippen LogP contribution in [0.15, 0.2) is 18.2 Å². The van der Waals surface area contributed by atoms with Crippen LogP contribution in [-0.4, -0.2) is 11.1 Å². The van der Waals surface area contributed by atoms with Crippen molar-refractivity contribution in [2.24, 2.45) is 5.92 Å². The topological polar surface area (TPSA) is 37.3 Å². The van der Waals surface area contributed by atoms with Gasteiger partial charge in [0.05, 0.1) is 5.92 Å². The van der Waals surface area contributed by atoms with Crippen molar-refractivity contribution in [3.8, 4) is 0 Å². The van der Waals surface area contributed by atoms with Gasteiger partial charge in [0.2, 0.25) is 0 Å². The van der Waals surface area contributed by atoms with Crippen LogP contribution in [0.4, 0.5) is 8.78 Å². The van der Waals surface area contributed by atoms with Gasteiger partial charge >= 0.3 is 5.97 Å². The first-order chi connectivity index (χ1) is 6.50. The second kappa shape index (κ2) is 4.17. The molecule has 1 rings (SSSR count). The summed E-state index contributed by atoms with van der Waals surface area (Å²) in [4.78, 5) is 10.5. The number of carbonyl (C=O) groups is 1. The normalized spacial score (nSPS) is 12.5. The molecule has 1 aromatic rings. The van der Waals surface area contributed by atoms with Crippen LogP contribution < -0.4 is 0 Å². The van der Waals surface area contributed by atoms with Crippen molar-refractivity contribution in [1.29, 1.82) is 0 Å². The van der Waals surface area contributed by atoms with Crippen LogP contribution in [0.5, 0.6) is 0 Å². The van der Waals surface area contributed by atoms with E-state index in [4.69, 9.17) is 5.11 Å². The standard InChI is InChI=1S/C10H10F2O2/c1-6(10(13)14)4-7-2-3-8(11)5-9(7)12/h2-3,5-6H,4H2,1H3,(H,13,14). The van der Waals surface area contributed by atoms with E-state index in [9.17, 15) is 13.6 Å². The minimum Gasteiger partial charge on any atom is -0.481 e. The third kappa shape index (κ3) is 2.52. The zero-order valence-corrected chi connectivity index (χ0v) is 7.63. The lowest BCUT2D eigenvalue weighted by Crippen LogP contribution is -2.13. The van der Waals surface area contributed by atoms with E-state index in [-0.39, 0.29) is 12.0 Å². The van der Waals surface area contributed by atoms with Gasteiger partial charge in [0.25, 0.3) is 0 Å². The van der Waals surface area contributed by atoms with Gasteiger partial charge in [-0.2, -0.15) is 0 Å². The fraction of sp³-hybridized carbons (Fsp3) is 0.300. The maximum Gasteiger partial charge on any atom is 0.306 e. The van der Waals surface area contributed by atoms with Gasteiger partial charge in [0.1, 0.15) is 11.6 Å². The summed E-state index contributed by atoms with van der Waals surface area (Å²) in [5.41, 5.74) is 0.223. The second-order valence-corrected chi connectivity index (χ2v) is 3.18. The first kappa shape index (κ1) is 10.6. The highest BCUT2D eigenvalue weighted by molar-refractivity contribution is 5.69. The highest BCUT2D eigenvalue weighted by atomic mass is 19.1. The van der Waals surface area contributed by atoms with Crippen LogP contribution in [0.2, 0.25) is 0 Å². The van der Waals surface area contributed by atoms with Gasteiger partial charge in [-0.05, 0) is 18.1 Å². The van der Waals surface area contributed by atoms with Crippen LogP contribution in [0, 0.1) is 17.6 Å². The van der Waals surface area contributed by atoms with Gasteiger partial charge < -0.3 is 5.11 Å². The lowest BCUT2D eigenvalue weighted by atomic mass is 10.0. The summed E-state index contributed by atoms with van der Waals surface area (Å²) in [6.45, 7) is 1.48. The Bertz CT molecular complexity index is 350. The Balaban J connectivity index is 2.82. The van der Waals surface area contributed by atoms with Crippen LogP contribution >= 0.6 is 0 Å². The zero-order valence-electron chi connectivity index (χ0n) is 7.63. The van der Waals surface area contributed by atoms with Gasteiger partial charge in [-0.25, -0.2) is 8.78 Å². The van der Waals surface area contributed by atoms with Gasteiger partial charge in [-0.15, -0.1) is 0 Å². The molecule has 0 saturated heterocycles. The molecule has 0 spiro atoms. The van der Waals surface area contributed by atoms with E-state index in [2.05, 4.69) is 0 Å². The van der Waals surface area contributed by atoms with E-state index in [1.807, 2.05) is 0 Å². The van der Waals surface area contributed by atoms with Crippen molar-refractivity contribution in [3.63, 3.8) is 0 Å². The molecule has 0 bridgehead atoms. The summed E-state index contributed by atoms with van der Waals surface area (Å²) in [5, 5.41) is 8.59. The Morgan fingerprint density at radius 3 is 2.64 bits per heavy atom. The minimum absolute atomic E-state index is 0.0709. The molecule has 0 aromatic heterocycles. The Labute approximate surface area is 80.2 Å². The minimum atomic E-state index is -0.992. The summed E-state index contributed by atoms with van der Waals surface area (Å²) in [6, 6.07) is 3.14. The fourth-order valence-corrected chi connectivity index (χ4v) is 1.10. The van der Waals surface area contributed by atoms with Crippen molar-refractivity contribution in [1.82, 2.24) is 0 Å². The van der Waals surface area contributed by atoms with Gasteiger partial charge in [0, 0.05) is 6.07 Å². The van der Waals surface area contributed by atoms with Crippen molar-refractivity contribution in [2.45, 2.75) is 13.3 Å². The average molecular weight is 200 g/mol.